The maximum absolute atomic E-state index is 11.5. The summed E-state index contributed by atoms with van der Waals surface area (Å²) in [5.74, 6) is -0.101. The number of amides is 1. The van der Waals surface area contributed by atoms with Gasteiger partial charge in [-0.15, -0.1) is 6.58 Å². The molecule has 0 spiro atoms. The summed E-state index contributed by atoms with van der Waals surface area (Å²) in [7, 11) is 0. The standard InChI is InChI=1S/C9H12N4OS/c1-3-4-11-8(14)6-5-12-9(15-2)13-7(6)10/h3,5H,1,4H2,2H3,(H,11,14)(H2,10,12,13). The third kappa shape index (κ3) is 2.95. The third-order valence-corrected chi connectivity index (χ3v) is 2.19. The summed E-state index contributed by atoms with van der Waals surface area (Å²) in [4.78, 5) is 19.4. The molecule has 0 aliphatic heterocycles. The first-order chi connectivity index (χ1) is 7.19. The van der Waals surface area contributed by atoms with Crippen LogP contribution in [0.3, 0.4) is 0 Å². The fourth-order valence-corrected chi connectivity index (χ4v) is 1.26. The van der Waals surface area contributed by atoms with Crippen LogP contribution in [0.25, 0.3) is 0 Å². The number of carbonyl (C=O) groups is 1. The van der Waals surface area contributed by atoms with Crippen LogP contribution < -0.4 is 11.1 Å². The summed E-state index contributed by atoms with van der Waals surface area (Å²) in [6.45, 7) is 3.89. The molecule has 0 atom stereocenters. The fourth-order valence-electron chi connectivity index (χ4n) is 0.911. The second-order valence-electron chi connectivity index (χ2n) is 2.65. The highest BCUT2D eigenvalue weighted by atomic mass is 32.2. The lowest BCUT2D eigenvalue weighted by atomic mass is 10.3. The third-order valence-electron chi connectivity index (χ3n) is 1.63. The van der Waals surface area contributed by atoms with Gasteiger partial charge in [-0.3, -0.25) is 4.79 Å². The molecule has 0 aliphatic carbocycles. The number of hydrogen-bond acceptors (Lipinski definition) is 5. The first kappa shape index (κ1) is 11.5. The summed E-state index contributed by atoms with van der Waals surface area (Å²) >= 11 is 1.37. The zero-order valence-electron chi connectivity index (χ0n) is 8.36. The average molecular weight is 224 g/mol. The van der Waals surface area contributed by atoms with Crippen LogP contribution in [0.1, 0.15) is 10.4 Å². The molecule has 1 aromatic heterocycles. The van der Waals surface area contributed by atoms with E-state index >= 15 is 0 Å². The Hall–Kier alpha value is -1.56. The second-order valence-corrected chi connectivity index (χ2v) is 3.43. The normalized spacial score (nSPS) is 9.67. The molecule has 0 bridgehead atoms. The van der Waals surface area contributed by atoms with Crippen LogP contribution in [0.4, 0.5) is 5.82 Å². The number of carbonyl (C=O) groups excluding carboxylic acids is 1. The van der Waals surface area contributed by atoms with Crippen LogP contribution in [-0.4, -0.2) is 28.7 Å². The monoisotopic (exact) mass is 224 g/mol. The minimum Gasteiger partial charge on any atom is -0.383 e. The highest BCUT2D eigenvalue weighted by Crippen LogP contribution is 2.13. The van der Waals surface area contributed by atoms with Gasteiger partial charge in [0.15, 0.2) is 5.16 Å². The summed E-state index contributed by atoms with van der Waals surface area (Å²) < 4.78 is 0. The van der Waals surface area contributed by atoms with Gasteiger partial charge in [-0.05, 0) is 6.26 Å². The van der Waals surface area contributed by atoms with E-state index in [1.54, 1.807) is 6.08 Å². The first-order valence-corrected chi connectivity index (χ1v) is 5.47. The van der Waals surface area contributed by atoms with E-state index < -0.39 is 0 Å². The second kappa shape index (κ2) is 5.35. The van der Waals surface area contributed by atoms with Crippen LogP contribution >= 0.6 is 11.8 Å². The minimum absolute atomic E-state index is 0.191. The molecular formula is C9H12N4OS. The van der Waals surface area contributed by atoms with Gasteiger partial charge in [-0.25, -0.2) is 9.97 Å². The maximum Gasteiger partial charge on any atom is 0.256 e. The van der Waals surface area contributed by atoms with Crippen molar-refractivity contribution in [3.05, 3.63) is 24.4 Å². The van der Waals surface area contributed by atoms with Crippen LogP contribution in [0, 0.1) is 0 Å². The average Bonchev–Trinajstić information content (AvgIpc) is 2.25. The van der Waals surface area contributed by atoms with Crippen molar-refractivity contribution >= 4 is 23.5 Å². The van der Waals surface area contributed by atoms with Gasteiger partial charge in [0.1, 0.15) is 5.82 Å². The number of nitrogens with zero attached hydrogens (tertiary/aromatic N) is 2. The van der Waals surface area contributed by atoms with E-state index in [0.717, 1.165) is 0 Å². The van der Waals surface area contributed by atoms with Gasteiger partial charge in [0.25, 0.3) is 5.91 Å². The van der Waals surface area contributed by atoms with Gasteiger partial charge in [-0.1, -0.05) is 17.8 Å². The van der Waals surface area contributed by atoms with Crippen LogP contribution in [0.15, 0.2) is 24.0 Å². The molecule has 6 heteroatoms. The Labute approximate surface area is 92.2 Å². The summed E-state index contributed by atoms with van der Waals surface area (Å²) in [6, 6.07) is 0. The van der Waals surface area contributed by atoms with Gasteiger partial charge in [0, 0.05) is 12.7 Å². The molecule has 1 aromatic rings. The topological polar surface area (TPSA) is 80.9 Å². The van der Waals surface area contributed by atoms with E-state index in [0.29, 0.717) is 11.7 Å². The van der Waals surface area contributed by atoms with Crippen LogP contribution in [0.2, 0.25) is 0 Å². The lowest BCUT2D eigenvalue weighted by Gasteiger charge is -2.05. The summed E-state index contributed by atoms with van der Waals surface area (Å²) in [5.41, 5.74) is 5.91. The lowest BCUT2D eigenvalue weighted by Crippen LogP contribution is -2.24. The van der Waals surface area contributed by atoms with Crippen LogP contribution in [-0.2, 0) is 0 Å². The molecule has 1 amide bonds. The number of anilines is 1. The molecule has 15 heavy (non-hydrogen) atoms. The predicted molar refractivity (Wildman–Crippen MR) is 60.8 cm³/mol. The van der Waals surface area contributed by atoms with E-state index in [9.17, 15) is 4.79 Å². The molecule has 0 radical (unpaired) electrons. The van der Waals surface area contributed by atoms with E-state index in [2.05, 4.69) is 21.9 Å². The van der Waals surface area contributed by atoms with Crippen molar-refractivity contribution in [3.63, 3.8) is 0 Å². The molecule has 0 saturated heterocycles. The molecular weight excluding hydrogens is 212 g/mol. The lowest BCUT2D eigenvalue weighted by molar-refractivity contribution is 0.0958. The first-order valence-electron chi connectivity index (χ1n) is 4.24. The van der Waals surface area contributed by atoms with Gasteiger partial charge in [0.2, 0.25) is 0 Å². The smallest absolute Gasteiger partial charge is 0.256 e. The van der Waals surface area contributed by atoms with Crippen molar-refractivity contribution in [1.29, 1.82) is 0 Å². The van der Waals surface area contributed by atoms with E-state index in [4.69, 9.17) is 5.73 Å². The molecule has 0 aliphatic rings. The van der Waals surface area contributed by atoms with Crippen LogP contribution in [0.5, 0.6) is 0 Å². The van der Waals surface area contributed by atoms with Crippen molar-refractivity contribution in [2.45, 2.75) is 5.16 Å². The molecule has 0 unspecified atom stereocenters. The Bertz CT molecular complexity index is 380. The zero-order chi connectivity index (χ0) is 11.3. The van der Waals surface area contributed by atoms with Crippen molar-refractivity contribution in [2.75, 3.05) is 18.5 Å². The zero-order valence-corrected chi connectivity index (χ0v) is 9.17. The van der Waals surface area contributed by atoms with E-state index in [1.807, 2.05) is 6.26 Å². The molecule has 1 rings (SSSR count). The van der Waals surface area contributed by atoms with Gasteiger partial charge < -0.3 is 11.1 Å². The number of rotatable bonds is 4. The summed E-state index contributed by atoms with van der Waals surface area (Å²) in [5, 5.41) is 3.15. The predicted octanol–water partition coefficient (Wildman–Crippen LogP) is 0.697. The fraction of sp³-hybridized carbons (Fsp3) is 0.222. The van der Waals surface area contributed by atoms with E-state index in [-0.39, 0.29) is 17.3 Å². The number of nitrogens with two attached hydrogens (primary N) is 1. The molecule has 1 heterocycles. The molecule has 0 fully saturated rings. The summed E-state index contributed by atoms with van der Waals surface area (Å²) in [6.07, 6.45) is 4.85. The molecule has 80 valence electrons. The van der Waals surface area contributed by atoms with Gasteiger partial charge in [0.05, 0.1) is 5.56 Å². The van der Waals surface area contributed by atoms with Crippen molar-refractivity contribution in [2.24, 2.45) is 0 Å². The van der Waals surface area contributed by atoms with Gasteiger partial charge >= 0.3 is 0 Å². The number of nitrogens with one attached hydrogen (secondary N) is 1. The Morgan fingerprint density at radius 1 is 1.80 bits per heavy atom. The number of thioether (sulfide) groups is 1. The largest absolute Gasteiger partial charge is 0.383 e. The highest BCUT2D eigenvalue weighted by Gasteiger charge is 2.10. The van der Waals surface area contributed by atoms with Gasteiger partial charge in [-0.2, -0.15) is 0 Å². The SMILES string of the molecule is C=CCNC(=O)c1cnc(SC)nc1N. The molecule has 5 nitrogen and oxygen atoms in total. The number of nitrogen functional groups attached to an aromatic ring is 1. The van der Waals surface area contributed by atoms with Crippen molar-refractivity contribution < 1.29 is 4.79 Å². The van der Waals surface area contributed by atoms with Crippen molar-refractivity contribution in [3.8, 4) is 0 Å². The Morgan fingerprint density at radius 3 is 3.07 bits per heavy atom. The quantitative estimate of drug-likeness (QED) is 0.447. The maximum atomic E-state index is 11.5. The minimum atomic E-state index is -0.292. The highest BCUT2D eigenvalue weighted by molar-refractivity contribution is 7.98. The molecule has 0 saturated carbocycles. The van der Waals surface area contributed by atoms with E-state index in [1.165, 1.54) is 18.0 Å². The number of aromatic nitrogens is 2. The number of hydrogen-bond donors (Lipinski definition) is 2. The molecule has 3 N–H and O–H groups in total. The molecule has 0 aromatic carbocycles. The van der Waals surface area contributed by atoms with Crippen molar-refractivity contribution in [1.82, 2.24) is 15.3 Å². The Balaban J connectivity index is 2.85. The Morgan fingerprint density at radius 2 is 2.53 bits per heavy atom. The Kier molecular flexibility index (Phi) is 4.11.